The molecule has 0 aliphatic rings. The van der Waals surface area contributed by atoms with Crippen LogP contribution in [0.2, 0.25) is 0 Å². The third-order valence-electron chi connectivity index (χ3n) is 3.61. The summed E-state index contributed by atoms with van der Waals surface area (Å²) in [6, 6.07) is 17.6. The van der Waals surface area contributed by atoms with Crippen molar-refractivity contribution in [2.75, 3.05) is 16.9 Å². The Morgan fingerprint density at radius 3 is 2.56 bits per heavy atom. The first-order valence-corrected chi connectivity index (χ1v) is 8.83. The standard InChI is InChI=1S/C18H19N5OS/c1-13-7-9-15(10-8-13)20-17(24)12-25-18-22-21-16(23(18)19)11-14-5-3-2-4-6-14/h2-10H,11-12,19H2,1H3,(H,20,24). The summed E-state index contributed by atoms with van der Waals surface area (Å²) in [5, 5.41) is 11.6. The van der Waals surface area contributed by atoms with Crippen LogP contribution in [0, 0.1) is 6.92 Å². The molecule has 3 aromatic rings. The van der Waals surface area contributed by atoms with Crippen LogP contribution in [-0.2, 0) is 11.2 Å². The Labute approximate surface area is 150 Å². The number of thioether (sulfide) groups is 1. The Morgan fingerprint density at radius 2 is 1.84 bits per heavy atom. The number of aryl methyl sites for hydroxylation is 1. The van der Waals surface area contributed by atoms with E-state index in [2.05, 4.69) is 15.5 Å². The molecule has 0 fully saturated rings. The lowest BCUT2D eigenvalue weighted by molar-refractivity contribution is -0.113. The van der Waals surface area contributed by atoms with Gasteiger partial charge in [0.15, 0.2) is 5.82 Å². The van der Waals surface area contributed by atoms with Gasteiger partial charge in [-0.25, -0.2) is 4.68 Å². The summed E-state index contributed by atoms with van der Waals surface area (Å²) in [4.78, 5) is 12.0. The molecule has 0 aliphatic heterocycles. The Balaban J connectivity index is 1.56. The number of anilines is 1. The van der Waals surface area contributed by atoms with Crippen molar-refractivity contribution in [2.45, 2.75) is 18.5 Å². The zero-order valence-electron chi connectivity index (χ0n) is 13.8. The quantitative estimate of drug-likeness (QED) is 0.525. The normalized spacial score (nSPS) is 10.6. The van der Waals surface area contributed by atoms with E-state index in [1.54, 1.807) is 0 Å². The van der Waals surface area contributed by atoms with Gasteiger partial charge in [-0.05, 0) is 24.6 Å². The molecule has 0 saturated carbocycles. The van der Waals surface area contributed by atoms with Crippen molar-refractivity contribution in [1.82, 2.24) is 14.9 Å². The van der Waals surface area contributed by atoms with Gasteiger partial charge < -0.3 is 11.2 Å². The molecule has 7 heteroatoms. The molecule has 0 bridgehead atoms. The maximum Gasteiger partial charge on any atom is 0.234 e. The van der Waals surface area contributed by atoms with Crippen LogP contribution in [0.5, 0.6) is 0 Å². The molecule has 3 rings (SSSR count). The summed E-state index contributed by atoms with van der Waals surface area (Å²) in [7, 11) is 0. The number of hydrogen-bond acceptors (Lipinski definition) is 5. The first-order valence-electron chi connectivity index (χ1n) is 7.84. The first-order chi connectivity index (χ1) is 12.1. The molecule has 0 atom stereocenters. The molecule has 0 spiro atoms. The monoisotopic (exact) mass is 353 g/mol. The molecule has 6 nitrogen and oxygen atoms in total. The number of nitrogens with two attached hydrogens (primary N) is 1. The molecule has 0 saturated heterocycles. The molecule has 0 radical (unpaired) electrons. The largest absolute Gasteiger partial charge is 0.336 e. The van der Waals surface area contributed by atoms with Crippen molar-refractivity contribution < 1.29 is 4.79 Å². The minimum absolute atomic E-state index is 0.110. The third kappa shape index (κ3) is 4.60. The van der Waals surface area contributed by atoms with Gasteiger partial charge in [0, 0.05) is 12.1 Å². The fourth-order valence-electron chi connectivity index (χ4n) is 2.27. The highest BCUT2D eigenvalue weighted by atomic mass is 32.2. The second-order valence-corrected chi connectivity index (χ2v) is 6.58. The van der Waals surface area contributed by atoms with Gasteiger partial charge in [-0.1, -0.05) is 59.8 Å². The Morgan fingerprint density at radius 1 is 1.12 bits per heavy atom. The molecular formula is C18H19N5OS. The van der Waals surface area contributed by atoms with E-state index in [0.717, 1.165) is 16.8 Å². The van der Waals surface area contributed by atoms with Crippen molar-refractivity contribution in [3.63, 3.8) is 0 Å². The number of amides is 1. The number of hydrogen-bond donors (Lipinski definition) is 2. The third-order valence-corrected chi connectivity index (χ3v) is 4.55. The van der Waals surface area contributed by atoms with Crippen LogP contribution in [0.4, 0.5) is 5.69 Å². The van der Waals surface area contributed by atoms with E-state index in [4.69, 9.17) is 5.84 Å². The zero-order valence-corrected chi connectivity index (χ0v) is 14.7. The van der Waals surface area contributed by atoms with Gasteiger partial charge in [-0.2, -0.15) is 0 Å². The minimum Gasteiger partial charge on any atom is -0.336 e. The highest BCUT2D eigenvalue weighted by Gasteiger charge is 2.12. The number of benzene rings is 2. The van der Waals surface area contributed by atoms with Crippen molar-refractivity contribution in [3.8, 4) is 0 Å². The van der Waals surface area contributed by atoms with Gasteiger partial charge in [0.25, 0.3) is 0 Å². The summed E-state index contributed by atoms with van der Waals surface area (Å²) >= 11 is 1.26. The van der Waals surface area contributed by atoms with Crippen LogP contribution in [0.1, 0.15) is 17.0 Å². The van der Waals surface area contributed by atoms with E-state index in [9.17, 15) is 4.79 Å². The minimum atomic E-state index is -0.110. The van der Waals surface area contributed by atoms with Crippen molar-refractivity contribution >= 4 is 23.4 Å². The van der Waals surface area contributed by atoms with Crippen LogP contribution in [0.3, 0.4) is 0 Å². The lowest BCUT2D eigenvalue weighted by atomic mass is 10.1. The molecule has 1 heterocycles. The van der Waals surface area contributed by atoms with Gasteiger partial charge in [0.2, 0.25) is 11.1 Å². The second-order valence-electron chi connectivity index (χ2n) is 5.63. The van der Waals surface area contributed by atoms with E-state index in [-0.39, 0.29) is 11.7 Å². The lowest BCUT2D eigenvalue weighted by Gasteiger charge is -2.06. The number of rotatable bonds is 6. The second kappa shape index (κ2) is 7.85. The number of nitrogens with one attached hydrogen (secondary N) is 1. The van der Waals surface area contributed by atoms with Gasteiger partial charge in [-0.15, -0.1) is 10.2 Å². The first kappa shape index (κ1) is 17.0. The van der Waals surface area contributed by atoms with E-state index >= 15 is 0 Å². The van der Waals surface area contributed by atoms with Gasteiger partial charge in [-0.3, -0.25) is 4.79 Å². The highest BCUT2D eigenvalue weighted by molar-refractivity contribution is 7.99. The predicted molar refractivity (Wildman–Crippen MR) is 100.0 cm³/mol. The van der Waals surface area contributed by atoms with Gasteiger partial charge >= 0.3 is 0 Å². The van der Waals surface area contributed by atoms with Crippen LogP contribution in [-0.4, -0.2) is 26.5 Å². The fourth-order valence-corrected chi connectivity index (χ4v) is 2.94. The average Bonchev–Trinajstić information content (AvgIpc) is 2.96. The van der Waals surface area contributed by atoms with E-state index in [1.807, 2.05) is 61.5 Å². The zero-order chi connectivity index (χ0) is 17.6. The fraction of sp³-hybridized carbons (Fsp3) is 0.167. The van der Waals surface area contributed by atoms with Crippen LogP contribution in [0.25, 0.3) is 0 Å². The molecule has 25 heavy (non-hydrogen) atoms. The van der Waals surface area contributed by atoms with Crippen molar-refractivity contribution in [1.29, 1.82) is 0 Å². The molecule has 3 N–H and O–H groups in total. The predicted octanol–water partition coefficient (Wildman–Crippen LogP) is 2.62. The molecular weight excluding hydrogens is 334 g/mol. The topological polar surface area (TPSA) is 85.8 Å². The molecule has 1 aromatic heterocycles. The highest BCUT2D eigenvalue weighted by Crippen LogP contribution is 2.17. The number of nitrogen functional groups attached to an aromatic ring is 1. The van der Waals surface area contributed by atoms with Gasteiger partial charge in [0.1, 0.15) is 0 Å². The molecule has 128 valence electrons. The van der Waals surface area contributed by atoms with Crippen LogP contribution in [0.15, 0.2) is 59.8 Å². The summed E-state index contributed by atoms with van der Waals surface area (Å²) < 4.78 is 1.44. The molecule has 2 aromatic carbocycles. The number of carbonyl (C=O) groups excluding carboxylic acids is 1. The number of aromatic nitrogens is 3. The lowest BCUT2D eigenvalue weighted by Crippen LogP contribution is -2.17. The summed E-state index contributed by atoms with van der Waals surface area (Å²) in [5.74, 6) is 6.81. The van der Waals surface area contributed by atoms with Gasteiger partial charge in [0.05, 0.1) is 5.75 Å². The Kier molecular flexibility index (Phi) is 5.35. The molecule has 0 aliphatic carbocycles. The van der Waals surface area contributed by atoms with Crippen LogP contribution < -0.4 is 11.2 Å². The van der Waals surface area contributed by atoms with E-state index < -0.39 is 0 Å². The molecule has 0 unspecified atom stereocenters. The molecule has 1 amide bonds. The Bertz CT molecular complexity index is 846. The van der Waals surface area contributed by atoms with E-state index in [0.29, 0.717) is 17.4 Å². The summed E-state index contributed by atoms with van der Waals surface area (Å²) in [6.07, 6.45) is 0.598. The number of carbonyl (C=O) groups is 1. The maximum absolute atomic E-state index is 12.0. The smallest absolute Gasteiger partial charge is 0.234 e. The summed E-state index contributed by atoms with van der Waals surface area (Å²) in [5.41, 5.74) is 3.03. The SMILES string of the molecule is Cc1ccc(NC(=O)CSc2nnc(Cc3ccccc3)n2N)cc1. The summed E-state index contributed by atoms with van der Waals surface area (Å²) in [6.45, 7) is 2.00. The van der Waals surface area contributed by atoms with E-state index in [1.165, 1.54) is 16.4 Å². The van der Waals surface area contributed by atoms with Crippen LogP contribution >= 0.6 is 11.8 Å². The van der Waals surface area contributed by atoms with Crippen molar-refractivity contribution in [2.24, 2.45) is 0 Å². The number of nitrogens with zero attached hydrogens (tertiary/aromatic N) is 3. The maximum atomic E-state index is 12.0. The average molecular weight is 353 g/mol. The Hall–Kier alpha value is -2.80. The van der Waals surface area contributed by atoms with Crippen molar-refractivity contribution in [3.05, 3.63) is 71.5 Å².